The van der Waals surface area contributed by atoms with Crippen LogP contribution < -0.4 is 5.73 Å². The van der Waals surface area contributed by atoms with Gasteiger partial charge >= 0.3 is 5.97 Å². The molecule has 0 aliphatic rings. The van der Waals surface area contributed by atoms with Crippen molar-refractivity contribution in [1.82, 2.24) is 0 Å². The summed E-state index contributed by atoms with van der Waals surface area (Å²) in [6.45, 7) is 6.27. The molecule has 0 rings (SSSR count). The van der Waals surface area contributed by atoms with Crippen LogP contribution in [0, 0.1) is 0 Å². The molecule has 0 amide bonds. The van der Waals surface area contributed by atoms with Crippen molar-refractivity contribution in [2.24, 2.45) is 5.73 Å². The van der Waals surface area contributed by atoms with Crippen LogP contribution in [0.1, 0.15) is 104 Å². The lowest BCUT2D eigenvalue weighted by Gasteiger charge is -2.54. The third-order valence-corrected chi connectivity index (χ3v) is 8.26. The topological polar surface area (TPSA) is 118 Å². The fourth-order valence-corrected chi connectivity index (χ4v) is 5.00. The van der Waals surface area contributed by atoms with Gasteiger partial charge in [0.25, 0.3) is 10.1 Å². The summed E-state index contributed by atoms with van der Waals surface area (Å²) in [6.07, 6.45) is 13.5. The van der Waals surface area contributed by atoms with E-state index in [1.807, 2.05) is 14.1 Å². The molecular weight excluding hydrogens is 416 g/mol. The van der Waals surface area contributed by atoms with Gasteiger partial charge < -0.3 is 15.3 Å². The van der Waals surface area contributed by atoms with Crippen LogP contribution in [-0.4, -0.2) is 66.0 Å². The Hall–Kier alpha value is -0.700. The first-order valence-electron chi connectivity index (χ1n) is 12.0. The Bertz CT molecular complexity index is 619. The molecule has 4 N–H and O–H groups in total. The number of nitrogens with two attached hydrogens (primary N) is 1. The summed E-state index contributed by atoms with van der Waals surface area (Å²) in [7, 11) is -0.375. The molecule has 0 aliphatic carbocycles. The monoisotopic (exact) mass is 465 g/mol. The lowest BCUT2D eigenvalue weighted by Crippen LogP contribution is -2.74. The van der Waals surface area contributed by atoms with E-state index in [1.165, 1.54) is 51.4 Å². The van der Waals surface area contributed by atoms with E-state index in [9.17, 15) is 18.3 Å². The van der Waals surface area contributed by atoms with Gasteiger partial charge in [0, 0.05) is 12.8 Å². The molecule has 8 heteroatoms. The van der Waals surface area contributed by atoms with E-state index in [2.05, 4.69) is 20.8 Å². The van der Waals surface area contributed by atoms with Gasteiger partial charge in [-0.15, -0.1) is 0 Å². The lowest BCUT2D eigenvalue weighted by molar-refractivity contribution is -0.975. The predicted octanol–water partition coefficient (Wildman–Crippen LogP) is 4.60. The highest BCUT2D eigenvalue weighted by atomic mass is 32.2. The van der Waals surface area contributed by atoms with Gasteiger partial charge in [-0.1, -0.05) is 64.7 Å². The Kier molecular flexibility index (Phi) is 13.4. The molecule has 0 bridgehead atoms. The number of unbranched alkanes of at least 4 members (excludes halogenated alkanes) is 9. The highest BCUT2D eigenvalue weighted by Crippen LogP contribution is 2.38. The first-order chi connectivity index (χ1) is 14.3. The molecule has 7 nitrogen and oxygen atoms in total. The standard InChI is InChI=1S/C23H48N2O5S/c1-6-7-8-9-10-11-12-13-14-15-17-22(2,3)25(4,5)23(20-24,21(26)27)18-16-19-31(28,29)30/h6-20,24H2,1-5H3,(H-,26,27,28,29,30)/p+1. The summed E-state index contributed by atoms with van der Waals surface area (Å²) < 4.78 is 31.4. The number of carboxylic acid groups (broad SMARTS) is 1. The molecular formula is C23H49N2O5S+. The number of hydrogen-bond donors (Lipinski definition) is 3. The van der Waals surface area contributed by atoms with Gasteiger partial charge in [-0.05, 0) is 26.7 Å². The minimum Gasteiger partial charge on any atom is -0.477 e. The number of likely N-dealkylation sites (N-methyl/N-ethyl adjacent to an activating group) is 1. The Labute approximate surface area is 191 Å². The van der Waals surface area contributed by atoms with Gasteiger partial charge in [0.1, 0.15) is 0 Å². The summed E-state index contributed by atoms with van der Waals surface area (Å²) in [6, 6.07) is 0. The lowest BCUT2D eigenvalue weighted by atomic mass is 9.81. The minimum absolute atomic E-state index is 0.0539. The molecule has 0 aromatic rings. The van der Waals surface area contributed by atoms with E-state index in [-0.39, 0.29) is 29.4 Å². The van der Waals surface area contributed by atoms with Crippen LogP contribution in [0.4, 0.5) is 0 Å². The van der Waals surface area contributed by atoms with Crippen LogP contribution in [0.2, 0.25) is 0 Å². The summed E-state index contributed by atoms with van der Waals surface area (Å²) in [4.78, 5) is 12.3. The zero-order valence-electron chi connectivity index (χ0n) is 20.7. The Morgan fingerprint density at radius 2 is 1.32 bits per heavy atom. The van der Waals surface area contributed by atoms with Crippen molar-refractivity contribution in [2.45, 2.75) is 115 Å². The van der Waals surface area contributed by atoms with Crippen LogP contribution in [0.3, 0.4) is 0 Å². The smallest absolute Gasteiger partial charge is 0.367 e. The van der Waals surface area contributed by atoms with Crippen LogP contribution in [0.5, 0.6) is 0 Å². The molecule has 0 spiro atoms. The molecule has 31 heavy (non-hydrogen) atoms. The second-order valence-electron chi connectivity index (χ2n) is 10.1. The van der Waals surface area contributed by atoms with Crippen molar-refractivity contribution in [3.05, 3.63) is 0 Å². The highest BCUT2D eigenvalue weighted by molar-refractivity contribution is 7.85. The molecule has 0 fully saturated rings. The summed E-state index contributed by atoms with van der Waals surface area (Å²) >= 11 is 0. The molecule has 0 aromatic carbocycles. The molecule has 0 aromatic heterocycles. The van der Waals surface area contributed by atoms with Gasteiger partial charge in [0.2, 0.25) is 5.54 Å². The molecule has 0 heterocycles. The van der Waals surface area contributed by atoms with E-state index >= 15 is 0 Å². The number of hydrogen-bond acceptors (Lipinski definition) is 4. The van der Waals surface area contributed by atoms with Crippen molar-refractivity contribution < 1.29 is 27.4 Å². The van der Waals surface area contributed by atoms with Gasteiger partial charge in [-0.25, -0.2) is 4.79 Å². The number of quaternary nitrogens is 1. The zero-order valence-corrected chi connectivity index (χ0v) is 21.5. The van der Waals surface area contributed by atoms with E-state index in [1.54, 1.807) is 0 Å². The van der Waals surface area contributed by atoms with Crippen molar-refractivity contribution in [3.63, 3.8) is 0 Å². The van der Waals surface area contributed by atoms with Gasteiger partial charge in [0.15, 0.2) is 0 Å². The number of carbonyl (C=O) groups is 1. The fourth-order valence-electron chi connectivity index (χ4n) is 4.49. The zero-order chi connectivity index (χ0) is 24.2. The molecule has 0 saturated carbocycles. The Morgan fingerprint density at radius 3 is 1.71 bits per heavy atom. The van der Waals surface area contributed by atoms with Crippen molar-refractivity contribution in [2.75, 3.05) is 26.4 Å². The molecule has 0 radical (unpaired) electrons. The fraction of sp³-hybridized carbons (Fsp3) is 0.957. The third kappa shape index (κ3) is 9.76. The number of carboxylic acids is 1. The van der Waals surface area contributed by atoms with Crippen molar-refractivity contribution >= 4 is 16.1 Å². The maximum Gasteiger partial charge on any atom is 0.367 e. The Morgan fingerprint density at radius 1 is 0.871 bits per heavy atom. The summed E-state index contributed by atoms with van der Waals surface area (Å²) in [5.41, 5.74) is 4.32. The second-order valence-corrected chi connectivity index (χ2v) is 11.7. The molecule has 1 atom stereocenters. The van der Waals surface area contributed by atoms with Crippen LogP contribution in [0.15, 0.2) is 0 Å². The number of aliphatic carboxylic acids is 1. The van der Waals surface area contributed by atoms with Gasteiger partial charge in [-0.3, -0.25) is 4.55 Å². The predicted molar refractivity (Wildman–Crippen MR) is 128 cm³/mol. The first kappa shape index (κ1) is 30.3. The average Bonchev–Trinajstić information content (AvgIpc) is 2.65. The number of nitrogens with zero attached hydrogens (tertiary/aromatic N) is 1. The van der Waals surface area contributed by atoms with Crippen molar-refractivity contribution in [3.8, 4) is 0 Å². The van der Waals surface area contributed by atoms with Gasteiger partial charge in [-0.2, -0.15) is 8.42 Å². The first-order valence-corrected chi connectivity index (χ1v) is 13.6. The molecule has 186 valence electrons. The minimum atomic E-state index is -4.13. The van der Waals surface area contributed by atoms with Gasteiger partial charge in [0.05, 0.1) is 31.9 Å². The molecule has 0 saturated heterocycles. The molecule has 0 aliphatic heterocycles. The molecule has 1 unspecified atom stereocenters. The third-order valence-electron chi connectivity index (χ3n) is 7.45. The number of rotatable bonds is 19. The summed E-state index contributed by atoms with van der Waals surface area (Å²) in [5.74, 6) is -1.48. The van der Waals surface area contributed by atoms with Crippen LogP contribution in [-0.2, 0) is 14.9 Å². The quantitative estimate of drug-likeness (QED) is 0.146. The largest absolute Gasteiger partial charge is 0.477 e. The SMILES string of the molecule is CCCCCCCCCCCCC(C)(C)[N+](C)(C)C(CN)(CCCS(=O)(=O)O)C(=O)O. The summed E-state index contributed by atoms with van der Waals surface area (Å²) in [5, 5.41) is 10.1. The highest BCUT2D eigenvalue weighted by Gasteiger charge is 2.57. The van der Waals surface area contributed by atoms with E-state index in [4.69, 9.17) is 10.3 Å². The maximum atomic E-state index is 12.3. The van der Waals surface area contributed by atoms with E-state index in [0.717, 1.165) is 19.3 Å². The van der Waals surface area contributed by atoms with E-state index in [0.29, 0.717) is 0 Å². The Balaban J connectivity index is 4.82. The second kappa shape index (κ2) is 13.8. The van der Waals surface area contributed by atoms with E-state index < -0.39 is 27.4 Å². The van der Waals surface area contributed by atoms with Crippen LogP contribution in [0.25, 0.3) is 0 Å². The van der Waals surface area contributed by atoms with Crippen LogP contribution >= 0.6 is 0 Å². The normalized spacial score (nSPS) is 15.1. The average molecular weight is 466 g/mol. The maximum absolute atomic E-state index is 12.3. The van der Waals surface area contributed by atoms with Crippen molar-refractivity contribution in [1.29, 1.82) is 0 Å².